The van der Waals surface area contributed by atoms with Crippen LogP contribution in [0.2, 0.25) is 0 Å². The van der Waals surface area contributed by atoms with Gasteiger partial charge in [-0.3, -0.25) is 0 Å². The third-order valence-corrected chi connectivity index (χ3v) is 0.709. The molecule has 0 fully saturated rings. The van der Waals surface area contributed by atoms with Crippen molar-refractivity contribution < 1.29 is 22.0 Å². The molecule has 0 nitrogen and oxygen atoms in total. The lowest BCUT2D eigenvalue weighted by Gasteiger charge is -2.15. The zero-order chi connectivity index (χ0) is 7.65. The molecule has 1 atom stereocenters. The van der Waals surface area contributed by atoms with Gasteiger partial charge in [0.2, 0.25) is 0 Å². The van der Waals surface area contributed by atoms with E-state index in [4.69, 9.17) is 0 Å². The van der Waals surface area contributed by atoms with Crippen molar-refractivity contribution in [1.29, 1.82) is 0 Å². The maximum atomic E-state index is 11.5. The maximum absolute atomic E-state index is 11.5. The molecule has 0 aliphatic heterocycles. The molecule has 5 heteroatoms. The van der Waals surface area contributed by atoms with Gasteiger partial charge in [0.15, 0.2) is 6.17 Å². The van der Waals surface area contributed by atoms with Crippen LogP contribution in [-0.4, -0.2) is 18.5 Å². The van der Waals surface area contributed by atoms with Crippen LogP contribution in [0.5, 0.6) is 0 Å². The molecule has 1 radical (unpaired) electrons. The van der Waals surface area contributed by atoms with E-state index in [1.165, 1.54) is 0 Å². The summed E-state index contributed by atoms with van der Waals surface area (Å²) in [6, 6.07) is 0. The van der Waals surface area contributed by atoms with E-state index in [1.54, 1.807) is 0 Å². The van der Waals surface area contributed by atoms with E-state index in [2.05, 4.69) is 6.92 Å². The lowest BCUT2D eigenvalue weighted by Crippen LogP contribution is -2.35. The van der Waals surface area contributed by atoms with Gasteiger partial charge < -0.3 is 0 Å². The lowest BCUT2D eigenvalue weighted by molar-refractivity contribution is -0.159. The summed E-state index contributed by atoms with van der Waals surface area (Å²) in [5.41, 5.74) is 0. The van der Waals surface area contributed by atoms with Crippen LogP contribution in [0.1, 0.15) is 0 Å². The van der Waals surface area contributed by atoms with E-state index in [0.717, 1.165) is 0 Å². The maximum Gasteiger partial charge on any atom is 0.337 e. The van der Waals surface area contributed by atoms with E-state index in [1.807, 2.05) is 0 Å². The average Bonchev–Trinajstić information content (AvgIpc) is 1.65. The first-order valence-corrected chi connectivity index (χ1v) is 2.02. The standard InChI is InChI=1S/C4H4F5/c1-2(5)4(8,9)3(6)7/h2-3H,1H2. The minimum atomic E-state index is -4.61. The highest BCUT2D eigenvalue weighted by Crippen LogP contribution is 2.27. The van der Waals surface area contributed by atoms with Crippen molar-refractivity contribution in [1.82, 2.24) is 0 Å². The molecule has 9 heavy (non-hydrogen) atoms. The highest BCUT2D eigenvalue weighted by atomic mass is 19.3. The monoisotopic (exact) mass is 147 g/mol. The Kier molecular flexibility index (Phi) is 2.40. The van der Waals surface area contributed by atoms with Crippen molar-refractivity contribution in [2.45, 2.75) is 18.5 Å². The fraction of sp³-hybridized carbons (Fsp3) is 0.750. The van der Waals surface area contributed by atoms with Crippen LogP contribution in [0.3, 0.4) is 0 Å². The molecule has 0 N–H and O–H groups in total. The Morgan fingerprint density at radius 1 is 1.11 bits per heavy atom. The summed E-state index contributed by atoms with van der Waals surface area (Å²) in [6.07, 6.45) is -7.03. The van der Waals surface area contributed by atoms with Crippen molar-refractivity contribution in [3.63, 3.8) is 0 Å². The second kappa shape index (κ2) is 2.49. The van der Waals surface area contributed by atoms with Gasteiger partial charge in [-0.2, -0.15) is 8.78 Å². The third kappa shape index (κ3) is 1.80. The summed E-state index contributed by atoms with van der Waals surface area (Å²) < 4.78 is 56.4. The van der Waals surface area contributed by atoms with Gasteiger partial charge in [0, 0.05) is 0 Å². The van der Waals surface area contributed by atoms with Crippen LogP contribution in [0.25, 0.3) is 0 Å². The summed E-state index contributed by atoms with van der Waals surface area (Å²) in [4.78, 5) is 0. The molecular weight excluding hydrogens is 143 g/mol. The molecule has 0 aliphatic rings. The Morgan fingerprint density at radius 2 is 1.44 bits per heavy atom. The van der Waals surface area contributed by atoms with Gasteiger partial charge in [-0.25, -0.2) is 13.2 Å². The molecule has 1 unspecified atom stereocenters. The molecule has 0 amide bonds. The Balaban J connectivity index is 4.01. The summed E-state index contributed by atoms with van der Waals surface area (Å²) in [5.74, 6) is -4.61. The largest absolute Gasteiger partial charge is 0.337 e. The van der Waals surface area contributed by atoms with E-state index in [9.17, 15) is 22.0 Å². The molecule has 0 aromatic rings. The summed E-state index contributed by atoms with van der Waals surface area (Å²) in [7, 11) is 0. The fourth-order valence-corrected chi connectivity index (χ4v) is 0.137. The van der Waals surface area contributed by atoms with Gasteiger partial charge in [0.25, 0.3) is 0 Å². The van der Waals surface area contributed by atoms with Crippen molar-refractivity contribution in [2.75, 3.05) is 0 Å². The van der Waals surface area contributed by atoms with E-state index < -0.39 is 18.5 Å². The summed E-state index contributed by atoms with van der Waals surface area (Å²) >= 11 is 0. The second-order valence-electron chi connectivity index (χ2n) is 1.44. The average molecular weight is 147 g/mol. The molecule has 0 heterocycles. The molecule has 0 spiro atoms. The number of hydrogen-bond donors (Lipinski definition) is 0. The summed E-state index contributed by atoms with van der Waals surface area (Å²) in [6.45, 7) is 2.13. The normalized spacial score (nSPS) is 16.3. The Labute approximate surface area is 48.7 Å². The van der Waals surface area contributed by atoms with Crippen LogP contribution < -0.4 is 0 Å². The van der Waals surface area contributed by atoms with Gasteiger partial charge in [-0.15, -0.1) is 0 Å². The molecule has 0 aromatic heterocycles. The molecule has 0 saturated heterocycles. The molecule has 0 rings (SSSR count). The Morgan fingerprint density at radius 3 is 1.44 bits per heavy atom. The van der Waals surface area contributed by atoms with Gasteiger partial charge >= 0.3 is 12.3 Å². The van der Waals surface area contributed by atoms with Crippen LogP contribution in [-0.2, 0) is 0 Å². The Hall–Kier alpha value is -0.350. The minimum Gasteiger partial charge on any atom is -0.241 e. The topological polar surface area (TPSA) is 0 Å². The zero-order valence-electron chi connectivity index (χ0n) is 4.25. The Bertz CT molecular complexity index is 77.0. The molecular formula is C4H4F5. The van der Waals surface area contributed by atoms with Crippen LogP contribution >= 0.6 is 0 Å². The van der Waals surface area contributed by atoms with Crippen molar-refractivity contribution in [3.8, 4) is 0 Å². The van der Waals surface area contributed by atoms with Crippen molar-refractivity contribution in [2.24, 2.45) is 0 Å². The van der Waals surface area contributed by atoms with E-state index in [-0.39, 0.29) is 0 Å². The van der Waals surface area contributed by atoms with Crippen LogP contribution in [0.15, 0.2) is 0 Å². The van der Waals surface area contributed by atoms with Gasteiger partial charge in [0.1, 0.15) is 0 Å². The molecule has 0 saturated carbocycles. The second-order valence-corrected chi connectivity index (χ2v) is 1.44. The van der Waals surface area contributed by atoms with Gasteiger partial charge in [-0.05, 0) is 6.92 Å². The van der Waals surface area contributed by atoms with Crippen molar-refractivity contribution in [3.05, 3.63) is 6.92 Å². The predicted octanol–water partition coefficient (Wildman–Crippen LogP) is 2.06. The molecule has 0 bridgehead atoms. The van der Waals surface area contributed by atoms with Crippen LogP contribution in [0, 0.1) is 6.92 Å². The first-order valence-electron chi connectivity index (χ1n) is 2.02. The zero-order valence-corrected chi connectivity index (χ0v) is 4.25. The van der Waals surface area contributed by atoms with Gasteiger partial charge in [-0.1, -0.05) is 0 Å². The SMILES string of the molecule is [CH2]C(F)C(F)(F)C(F)F. The van der Waals surface area contributed by atoms with Crippen molar-refractivity contribution >= 4 is 0 Å². The van der Waals surface area contributed by atoms with E-state index >= 15 is 0 Å². The highest BCUT2D eigenvalue weighted by molar-refractivity contribution is 4.80. The molecule has 55 valence electrons. The fourth-order valence-electron chi connectivity index (χ4n) is 0.137. The number of halogens is 5. The predicted molar refractivity (Wildman–Crippen MR) is 21.2 cm³/mol. The van der Waals surface area contributed by atoms with E-state index in [0.29, 0.717) is 0 Å². The molecule has 0 aliphatic carbocycles. The first-order chi connectivity index (χ1) is 3.89. The highest BCUT2D eigenvalue weighted by Gasteiger charge is 2.46. The lowest BCUT2D eigenvalue weighted by atomic mass is 10.2. The number of alkyl halides is 5. The third-order valence-electron chi connectivity index (χ3n) is 0.709. The summed E-state index contributed by atoms with van der Waals surface area (Å²) in [5, 5.41) is 0. The number of rotatable bonds is 2. The smallest absolute Gasteiger partial charge is 0.241 e. The quantitative estimate of drug-likeness (QED) is 0.524. The molecule has 0 aromatic carbocycles. The van der Waals surface area contributed by atoms with Gasteiger partial charge in [0.05, 0.1) is 0 Å². The first kappa shape index (κ1) is 8.65. The van der Waals surface area contributed by atoms with Crippen LogP contribution in [0.4, 0.5) is 22.0 Å². The number of hydrogen-bond acceptors (Lipinski definition) is 0. The minimum absolute atomic E-state index is 2.13.